The molecule has 3 nitrogen and oxygen atoms in total. The molecule has 1 atom stereocenters. The molecule has 1 aliphatic carbocycles. The smallest absolute Gasteiger partial charge is 0.0553 e. The molecule has 1 saturated carbocycles. The molecule has 1 aromatic rings. The summed E-state index contributed by atoms with van der Waals surface area (Å²) in [4.78, 5) is 0. The van der Waals surface area contributed by atoms with Crippen LogP contribution < -0.4 is 5.32 Å². The zero-order chi connectivity index (χ0) is 13.5. The molecular weight excluding hydrogens is 234 g/mol. The molecule has 2 rings (SSSR count). The summed E-state index contributed by atoms with van der Waals surface area (Å²) in [6, 6.07) is 2.69. The molecule has 1 unspecified atom stereocenters. The fraction of sp³-hybridized carbons (Fsp3) is 0.812. The van der Waals surface area contributed by atoms with Crippen LogP contribution >= 0.6 is 0 Å². The first-order chi connectivity index (χ1) is 9.35. The summed E-state index contributed by atoms with van der Waals surface area (Å²) in [5, 5.41) is 8.17. The molecule has 108 valence electrons. The molecule has 0 bridgehead atoms. The van der Waals surface area contributed by atoms with E-state index in [-0.39, 0.29) is 0 Å². The Morgan fingerprint density at radius 3 is 2.79 bits per heavy atom. The Hall–Kier alpha value is -0.830. The maximum Gasteiger partial charge on any atom is 0.0553 e. The van der Waals surface area contributed by atoms with Gasteiger partial charge in [0.2, 0.25) is 0 Å². The highest BCUT2D eigenvalue weighted by atomic mass is 15.3. The van der Waals surface area contributed by atoms with Gasteiger partial charge in [-0.3, -0.25) is 4.68 Å². The SMILES string of the molecule is CCCNC(CC1CCCCC1)c1ccnn1CC. The van der Waals surface area contributed by atoms with Crippen molar-refractivity contribution in [3.05, 3.63) is 18.0 Å². The molecule has 0 aromatic carbocycles. The Balaban J connectivity index is 2.01. The summed E-state index contributed by atoms with van der Waals surface area (Å²) in [6.07, 6.45) is 11.6. The molecule has 1 fully saturated rings. The van der Waals surface area contributed by atoms with Gasteiger partial charge in [0.15, 0.2) is 0 Å². The van der Waals surface area contributed by atoms with Gasteiger partial charge < -0.3 is 5.32 Å². The number of nitrogens with zero attached hydrogens (tertiary/aromatic N) is 2. The Morgan fingerprint density at radius 2 is 2.11 bits per heavy atom. The van der Waals surface area contributed by atoms with Crippen LogP contribution in [-0.4, -0.2) is 16.3 Å². The minimum atomic E-state index is 0.491. The number of hydrogen-bond donors (Lipinski definition) is 1. The fourth-order valence-corrected chi connectivity index (χ4v) is 3.29. The van der Waals surface area contributed by atoms with Crippen molar-refractivity contribution >= 4 is 0 Å². The van der Waals surface area contributed by atoms with Crippen LogP contribution in [0.5, 0.6) is 0 Å². The van der Waals surface area contributed by atoms with E-state index in [1.54, 1.807) is 0 Å². The van der Waals surface area contributed by atoms with Gasteiger partial charge in [0.05, 0.1) is 5.69 Å². The van der Waals surface area contributed by atoms with E-state index in [9.17, 15) is 0 Å². The lowest BCUT2D eigenvalue weighted by molar-refractivity contribution is 0.293. The summed E-state index contributed by atoms with van der Waals surface area (Å²) in [7, 11) is 0. The van der Waals surface area contributed by atoms with Crippen molar-refractivity contribution in [2.24, 2.45) is 5.92 Å². The van der Waals surface area contributed by atoms with Crippen molar-refractivity contribution in [3.63, 3.8) is 0 Å². The molecule has 1 N–H and O–H groups in total. The van der Waals surface area contributed by atoms with Crippen LogP contribution in [0.4, 0.5) is 0 Å². The van der Waals surface area contributed by atoms with Crippen LogP contribution in [0.1, 0.15) is 70.5 Å². The van der Waals surface area contributed by atoms with E-state index in [2.05, 4.69) is 35.0 Å². The predicted molar refractivity (Wildman–Crippen MR) is 80.1 cm³/mol. The number of rotatable bonds is 7. The van der Waals surface area contributed by atoms with Gasteiger partial charge in [-0.05, 0) is 38.3 Å². The average Bonchev–Trinajstić information content (AvgIpc) is 2.93. The zero-order valence-corrected chi connectivity index (χ0v) is 12.6. The van der Waals surface area contributed by atoms with E-state index >= 15 is 0 Å². The number of hydrogen-bond acceptors (Lipinski definition) is 2. The van der Waals surface area contributed by atoms with Gasteiger partial charge in [-0.15, -0.1) is 0 Å². The lowest BCUT2D eigenvalue weighted by atomic mass is 9.84. The van der Waals surface area contributed by atoms with Crippen LogP contribution in [0.2, 0.25) is 0 Å². The molecule has 19 heavy (non-hydrogen) atoms. The third kappa shape index (κ3) is 4.07. The minimum absolute atomic E-state index is 0.491. The lowest BCUT2D eigenvalue weighted by Crippen LogP contribution is -2.27. The van der Waals surface area contributed by atoms with Gasteiger partial charge in [0.25, 0.3) is 0 Å². The van der Waals surface area contributed by atoms with Crippen LogP contribution in [0, 0.1) is 5.92 Å². The van der Waals surface area contributed by atoms with Crippen molar-refractivity contribution in [2.75, 3.05) is 6.54 Å². The Morgan fingerprint density at radius 1 is 1.32 bits per heavy atom. The highest BCUT2D eigenvalue weighted by Gasteiger charge is 2.21. The number of aryl methyl sites for hydroxylation is 1. The van der Waals surface area contributed by atoms with Crippen LogP contribution in [-0.2, 0) is 6.54 Å². The first kappa shape index (κ1) is 14.6. The molecule has 0 radical (unpaired) electrons. The molecule has 0 saturated heterocycles. The minimum Gasteiger partial charge on any atom is -0.309 e. The summed E-state index contributed by atoms with van der Waals surface area (Å²) in [5.41, 5.74) is 1.38. The van der Waals surface area contributed by atoms with Gasteiger partial charge in [-0.2, -0.15) is 5.10 Å². The molecule has 0 aliphatic heterocycles. The molecule has 1 heterocycles. The standard InChI is InChI=1S/C16H29N3/c1-3-11-17-15(13-14-8-6-5-7-9-14)16-10-12-18-19(16)4-2/h10,12,14-15,17H,3-9,11,13H2,1-2H3. The summed E-state index contributed by atoms with van der Waals surface area (Å²) < 4.78 is 2.15. The second-order valence-electron chi connectivity index (χ2n) is 5.82. The van der Waals surface area contributed by atoms with Crippen LogP contribution in [0.15, 0.2) is 12.3 Å². The van der Waals surface area contributed by atoms with E-state index in [4.69, 9.17) is 0 Å². The number of aromatic nitrogens is 2. The second kappa shape index (κ2) is 7.68. The molecular formula is C16H29N3. The first-order valence-corrected chi connectivity index (χ1v) is 8.10. The van der Waals surface area contributed by atoms with Crippen molar-refractivity contribution in [2.45, 2.75) is 71.4 Å². The van der Waals surface area contributed by atoms with Crippen molar-refractivity contribution in [3.8, 4) is 0 Å². The van der Waals surface area contributed by atoms with Crippen LogP contribution in [0.3, 0.4) is 0 Å². The van der Waals surface area contributed by atoms with E-state index in [1.165, 1.54) is 50.6 Å². The highest BCUT2D eigenvalue weighted by molar-refractivity contribution is 5.07. The van der Waals surface area contributed by atoms with Gasteiger partial charge in [-0.1, -0.05) is 39.0 Å². The zero-order valence-electron chi connectivity index (χ0n) is 12.6. The average molecular weight is 263 g/mol. The Labute approximate surface area is 117 Å². The van der Waals surface area contributed by atoms with Crippen LogP contribution in [0.25, 0.3) is 0 Å². The number of nitrogens with one attached hydrogen (secondary N) is 1. The molecule has 1 aliphatic rings. The van der Waals surface area contributed by atoms with Crippen molar-refractivity contribution < 1.29 is 0 Å². The monoisotopic (exact) mass is 263 g/mol. The maximum absolute atomic E-state index is 4.43. The highest BCUT2D eigenvalue weighted by Crippen LogP contribution is 2.31. The predicted octanol–water partition coefficient (Wildman–Crippen LogP) is 3.91. The van der Waals surface area contributed by atoms with E-state index in [0.29, 0.717) is 6.04 Å². The quantitative estimate of drug-likeness (QED) is 0.808. The van der Waals surface area contributed by atoms with E-state index in [0.717, 1.165) is 19.0 Å². The Kier molecular flexibility index (Phi) is 5.90. The normalized spacial score (nSPS) is 18.6. The maximum atomic E-state index is 4.43. The van der Waals surface area contributed by atoms with Gasteiger partial charge in [0.1, 0.15) is 0 Å². The lowest BCUT2D eigenvalue weighted by Gasteiger charge is -2.27. The van der Waals surface area contributed by atoms with Gasteiger partial charge in [0, 0.05) is 18.8 Å². The van der Waals surface area contributed by atoms with Crippen molar-refractivity contribution in [1.29, 1.82) is 0 Å². The third-order valence-electron chi connectivity index (χ3n) is 4.34. The van der Waals surface area contributed by atoms with Crippen molar-refractivity contribution in [1.82, 2.24) is 15.1 Å². The topological polar surface area (TPSA) is 29.9 Å². The summed E-state index contributed by atoms with van der Waals surface area (Å²) in [6.45, 7) is 6.49. The fourth-order valence-electron chi connectivity index (χ4n) is 3.29. The molecule has 0 spiro atoms. The molecule has 3 heteroatoms. The summed E-state index contributed by atoms with van der Waals surface area (Å²) in [5.74, 6) is 0.906. The Bertz CT molecular complexity index is 353. The molecule has 1 aromatic heterocycles. The second-order valence-corrected chi connectivity index (χ2v) is 5.82. The first-order valence-electron chi connectivity index (χ1n) is 8.10. The van der Waals surface area contributed by atoms with E-state index < -0.39 is 0 Å². The van der Waals surface area contributed by atoms with Gasteiger partial charge in [-0.25, -0.2) is 0 Å². The summed E-state index contributed by atoms with van der Waals surface area (Å²) >= 11 is 0. The largest absolute Gasteiger partial charge is 0.309 e. The van der Waals surface area contributed by atoms with E-state index in [1.807, 2.05) is 6.20 Å². The van der Waals surface area contributed by atoms with Gasteiger partial charge >= 0.3 is 0 Å². The third-order valence-corrected chi connectivity index (χ3v) is 4.34. The molecule has 0 amide bonds.